The lowest BCUT2D eigenvalue weighted by Gasteiger charge is -2.34. The molecular weight excluding hydrogens is 218 g/mol. The van der Waals surface area contributed by atoms with Crippen LogP contribution in [0.25, 0.3) is 0 Å². The van der Waals surface area contributed by atoms with Crippen LogP contribution in [-0.4, -0.2) is 45.1 Å². The van der Waals surface area contributed by atoms with Crippen molar-refractivity contribution in [1.29, 1.82) is 0 Å². The van der Waals surface area contributed by atoms with Gasteiger partial charge in [0.1, 0.15) is 5.69 Å². The van der Waals surface area contributed by atoms with Crippen LogP contribution in [0.4, 0.5) is 0 Å². The van der Waals surface area contributed by atoms with Crippen molar-refractivity contribution in [3.05, 3.63) is 24.3 Å². The first-order valence-electron chi connectivity index (χ1n) is 5.91. The number of aliphatic hydroxyl groups is 1. The molecule has 5 heteroatoms. The highest BCUT2D eigenvalue weighted by atomic mass is 16.3. The summed E-state index contributed by atoms with van der Waals surface area (Å²) in [6, 6.07) is -0.0988. The topological polar surface area (TPSA) is 66.3 Å². The van der Waals surface area contributed by atoms with Crippen LogP contribution in [0.2, 0.25) is 0 Å². The number of rotatable bonds is 2. The van der Waals surface area contributed by atoms with Gasteiger partial charge in [-0.25, -0.2) is 4.98 Å². The molecule has 0 bridgehead atoms. The molecule has 17 heavy (non-hydrogen) atoms. The molecule has 0 aliphatic heterocycles. The minimum Gasteiger partial charge on any atom is -0.391 e. The average Bonchev–Trinajstić information content (AvgIpc) is 2.39. The van der Waals surface area contributed by atoms with Crippen molar-refractivity contribution in [1.82, 2.24) is 14.9 Å². The predicted molar refractivity (Wildman–Crippen MR) is 62.4 cm³/mol. The standard InChI is InChI=1S/C12H17N3O2/c1-15(10-4-2-3-5-11(10)16)12(17)9-8-13-6-7-14-9/h6-8,10-11,16H,2-5H2,1H3. The minimum atomic E-state index is -0.422. The summed E-state index contributed by atoms with van der Waals surface area (Å²) in [6.07, 6.45) is 7.77. The molecule has 5 nitrogen and oxygen atoms in total. The molecule has 1 heterocycles. The normalized spacial score (nSPS) is 24.4. The van der Waals surface area contributed by atoms with Crippen molar-refractivity contribution in [2.24, 2.45) is 0 Å². The number of hydrogen-bond acceptors (Lipinski definition) is 4. The second kappa shape index (κ2) is 5.23. The van der Waals surface area contributed by atoms with Crippen molar-refractivity contribution >= 4 is 5.91 Å². The van der Waals surface area contributed by atoms with Gasteiger partial charge in [-0.15, -0.1) is 0 Å². The maximum absolute atomic E-state index is 12.1. The van der Waals surface area contributed by atoms with Gasteiger partial charge < -0.3 is 10.0 Å². The summed E-state index contributed by atoms with van der Waals surface area (Å²) in [5, 5.41) is 9.91. The molecule has 1 aromatic rings. The Morgan fingerprint density at radius 2 is 2.18 bits per heavy atom. The van der Waals surface area contributed by atoms with Gasteiger partial charge in [-0.1, -0.05) is 12.8 Å². The van der Waals surface area contributed by atoms with Crippen molar-refractivity contribution in [3.8, 4) is 0 Å². The Kier molecular flexibility index (Phi) is 3.68. The number of carbonyl (C=O) groups is 1. The van der Waals surface area contributed by atoms with Crippen molar-refractivity contribution in [3.63, 3.8) is 0 Å². The number of likely N-dealkylation sites (N-methyl/N-ethyl adjacent to an activating group) is 1. The maximum atomic E-state index is 12.1. The Balaban J connectivity index is 2.09. The number of aromatic nitrogens is 2. The van der Waals surface area contributed by atoms with Crippen molar-refractivity contribution in [2.75, 3.05) is 7.05 Å². The van der Waals surface area contributed by atoms with Crippen molar-refractivity contribution < 1.29 is 9.90 Å². The Morgan fingerprint density at radius 3 is 2.82 bits per heavy atom. The molecule has 0 radical (unpaired) electrons. The lowest BCUT2D eigenvalue weighted by molar-refractivity contribution is 0.0264. The number of aliphatic hydroxyl groups excluding tert-OH is 1. The predicted octanol–water partition coefficient (Wildman–Crippen LogP) is 0.852. The minimum absolute atomic E-state index is 0.0988. The summed E-state index contributed by atoms with van der Waals surface area (Å²) in [7, 11) is 1.72. The molecule has 0 saturated heterocycles. The summed E-state index contributed by atoms with van der Waals surface area (Å²) in [4.78, 5) is 21.6. The van der Waals surface area contributed by atoms with Gasteiger partial charge in [0, 0.05) is 19.4 Å². The third-order valence-corrected chi connectivity index (χ3v) is 3.29. The van der Waals surface area contributed by atoms with Gasteiger partial charge in [-0.2, -0.15) is 0 Å². The van der Waals surface area contributed by atoms with Crippen LogP contribution in [0.1, 0.15) is 36.2 Å². The Labute approximate surface area is 100 Å². The van der Waals surface area contributed by atoms with Gasteiger partial charge in [-0.3, -0.25) is 9.78 Å². The second-order valence-corrected chi connectivity index (χ2v) is 4.43. The molecule has 1 saturated carbocycles. The van der Waals surface area contributed by atoms with Crippen LogP contribution in [0.5, 0.6) is 0 Å². The molecule has 2 rings (SSSR count). The van der Waals surface area contributed by atoms with Crippen LogP contribution in [-0.2, 0) is 0 Å². The first kappa shape index (κ1) is 12.0. The zero-order valence-corrected chi connectivity index (χ0v) is 9.91. The fourth-order valence-electron chi connectivity index (χ4n) is 2.28. The third kappa shape index (κ3) is 2.61. The van der Waals surface area contributed by atoms with E-state index in [1.807, 2.05) is 0 Å². The Bertz CT molecular complexity index is 383. The number of carbonyl (C=O) groups excluding carboxylic acids is 1. The van der Waals surface area contributed by atoms with Crippen LogP contribution in [0.3, 0.4) is 0 Å². The van der Waals surface area contributed by atoms with Crippen LogP contribution >= 0.6 is 0 Å². The first-order valence-corrected chi connectivity index (χ1v) is 5.91. The van der Waals surface area contributed by atoms with E-state index in [2.05, 4.69) is 9.97 Å². The van der Waals surface area contributed by atoms with E-state index in [9.17, 15) is 9.90 Å². The van der Waals surface area contributed by atoms with E-state index in [-0.39, 0.29) is 11.9 Å². The van der Waals surface area contributed by atoms with E-state index in [4.69, 9.17) is 0 Å². The Hall–Kier alpha value is -1.49. The summed E-state index contributed by atoms with van der Waals surface area (Å²) >= 11 is 0. The zero-order valence-electron chi connectivity index (χ0n) is 9.91. The van der Waals surface area contributed by atoms with Gasteiger partial charge in [0.25, 0.3) is 5.91 Å². The lowest BCUT2D eigenvalue weighted by Crippen LogP contribution is -2.46. The molecule has 1 aliphatic rings. The fourth-order valence-corrected chi connectivity index (χ4v) is 2.28. The number of hydrogen-bond donors (Lipinski definition) is 1. The van der Waals surface area contributed by atoms with E-state index in [1.165, 1.54) is 18.6 Å². The molecule has 1 aliphatic carbocycles. The monoisotopic (exact) mass is 235 g/mol. The van der Waals surface area contributed by atoms with Gasteiger partial charge in [0.2, 0.25) is 0 Å². The zero-order chi connectivity index (χ0) is 12.3. The largest absolute Gasteiger partial charge is 0.391 e. The quantitative estimate of drug-likeness (QED) is 0.825. The van der Waals surface area contributed by atoms with Gasteiger partial charge in [0.15, 0.2) is 0 Å². The highest BCUT2D eigenvalue weighted by Crippen LogP contribution is 2.23. The molecule has 2 atom stereocenters. The first-order chi connectivity index (χ1) is 8.20. The number of nitrogens with zero attached hydrogens (tertiary/aromatic N) is 3. The third-order valence-electron chi connectivity index (χ3n) is 3.29. The van der Waals surface area contributed by atoms with Gasteiger partial charge in [-0.05, 0) is 12.8 Å². The highest BCUT2D eigenvalue weighted by molar-refractivity contribution is 5.92. The molecular formula is C12H17N3O2. The van der Waals surface area contributed by atoms with E-state index in [1.54, 1.807) is 11.9 Å². The van der Waals surface area contributed by atoms with Crippen LogP contribution in [0.15, 0.2) is 18.6 Å². The van der Waals surface area contributed by atoms with Gasteiger partial charge in [0.05, 0.1) is 18.3 Å². The van der Waals surface area contributed by atoms with E-state index < -0.39 is 6.10 Å². The Morgan fingerprint density at radius 1 is 1.41 bits per heavy atom. The molecule has 2 unspecified atom stereocenters. The summed E-state index contributed by atoms with van der Waals surface area (Å²) < 4.78 is 0. The molecule has 92 valence electrons. The molecule has 1 fully saturated rings. The maximum Gasteiger partial charge on any atom is 0.274 e. The van der Waals surface area contributed by atoms with E-state index in [0.29, 0.717) is 5.69 Å². The molecule has 1 amide bonds. The van der Waals surface area contributed by atoms with Crippen molar-refractivity contribution in [2.45, 2.75) is 37.8 Å². The van der Waals surface area contributed by atoms with Gasteiger partial charge >= 0.3 is 0 Å². The van der Waals surface area contributed by atoms with Crippen LogP contribution < -0.4 is 0 Å². The molecule has 0 aromatic carbocycles. The summed E-state index contributed by atoms with van der Waals surface area (Å²) in [6.45, 7) is 0. The lowest BCUT2D eigenvalue weighted by atomic mass is 9.91. The average molecular weight is 235 g/mol. The summed E-state index contributed by atoms with van der Waals surface area (Å²) in [5.74, 6) is -0.177. The molecule has 0 spiro atoms. The summed E-state index contributed by atoms with van der Waals surface area (Å²) in [5.41, 5.74) is 0.327. The molecule has 1 aromatic heterocycles. The highest BCUT2D eigenvalue weighted by Gasteiger charge is 2.30. The fraction of sp³-hybridized carbons (Fsp3) is 0.583. The van der Waals surface area contributed by atoms with Crippen LogP contribution in [0, 0.1) is 0 Å². The number of amides is 1. The second-order valence-electron chi connectivity index (χ2n) is 4.43. The SMILES string of the molecule is CN(C(=O)c1cnccn1)C1CCCCC1O. The van der Waals surface area contributed by atoms with E-state index in [0.717, 1.165) is 25.7 Å². The molecule has 1 N–H and O–H groups in total. The smallest absolute Gasteiger partial charge is 0.274 e. The van der Waals surface area contributed by atoms with E-state index >= 15 is 0 Å².